The van der Waals surface area contributed by atoms with Gasteiger partial charge in [-0.3, -0.25) is 0 Å². The molecule has 2 rings (SSSR count). The molecule has 0 aliphatic carbocycles. The number of nitrogens with zero attached hydrogens (tertiary/aromatic N) is 3. The van der Waals surface area contributed by atoms with Gasteiger partial charge in [0.15, 0.2) is 5.69 Å². The number of hydrogen-bond donors (Lipinski definition) is 1. The second kappa shape index (κ2) is 5.44. The molecule has 2 heterocycles. The summed E-state index contributed by atoms with van der Waals surface area (Å²) in [6.45, 7) is 3.43. The van der Waals surface area contributed by atoms with Gasteiger partial charge in [0.25, 0.3) is 0 Å². The number of rotatable bonds is 2. The Balaban J connectivity index is 2.26. The third-order valence-corrected chi connectivity index (χ3v) is 4.31. The van der Waals surface area contributed by atoms with Crippen LogP contribution in [0.3, 0.4) is 0 Å². The number of anilines is 2. The molecule has 1 aliphatic rings. The highest BCUT2D eigenvalue weighted by atomic mass is 32.2. The first-order chi connectivity index (χ1) is 8.90. The molecular weight excluding hydrogens is 277 g/mol. The molecule has 8 heteroatoms. The lowest BCUT2D eigenvalue weighted by Gasteiger charge is -2.33. The fourth-order valence-corrected chi connectivity index (χ4v) is 3.11. The van der Waals surface area contributed by atoms with Crippen molar-refractivity contribution in [3.8, 4) is 0 Å². The van der Waals surface area contributed by atoms with E-state index in [4.69, 9.17) is 5.73 Å². The van der Waals surface area contributed by atoms with E-state index in [0.29, 0.717) is 18.3 Å². The van der Waals surface area contributed by atoms with E-state index in [9.17, 15) is 13.2 Å². The van der Waals surface area contributed by atoms with E-state index in [1.54, 1.807) is 0 Å². The molecule has 1 saturated heterocycles. The van der Waals surface area contributed by atoms with Gasteiger partial charge in [0, 0.05) is 30.2 Å². The molecule has 0 radical (unpaired) electrons. The molecule has 0 amide bonds. The quantitative estimate of drug-likeness (QED) is 0.907. The fraction of sp³-hybridized carbons (Fsp3) is 0.636. The summed E-state index contributed by atoms with van der Waals surface area (Å²) in [6, 6.07) is 0.971. The largest absolute Gasteiger partial charge is 0.433 e. The Morgan fingerprint density at radius 2 is 2.21 bits per heavy atom. The molecular formula is C11H15F3N4S. The number of nitrogen functional groups attached to an aromatic ring is 1. The third-order valence-electron chi connectivity index (χ3n) is 2.94. The molecule has 1 aliphatic heterocycles. The molecule has 1 unspecified atom stereocenters. The molecule has 0 bridgehead atoms. The third kappa shape index (κ3) is 3.43. The molecule has 1 aromatic rings. The monoisotopic (exact) mass is 292 g/mol. The molecule has 106 valence electrons. The van der Waals surface area contributed by atoms with Crippen LogP contribution in [0.15, 0.2) is 6.07 Å². The summed E-state index contributed by atoms with van der Waals surface area (Å²) in [5.74, 6) is 0.804. The Bertz CT molecular complexity index is 452. The second-order valence-corrected chi connectivity index (χ2v) is 5.72. The van der Waals surface area contributed by atoms with Crippen LogP contribution in [0, 0.1) is 0 Å². The fourth-order valence-electron chi connectivity index (χ4n) is 1.93. The maximum absolute atomic E-state index is 12.7. The molecule has 0 saturated carbocycles. The Morgan fingerprint density at radius 3 is 2.84 bits per heavy atom. The van der Waals surface area contributed by atoms with Gasteiger partial charge in [0.1, 0.15) is 5.82 Å². The SMILES string of the molecule is CCC1CN(c2cc(C(F)(F)F)nc(N)n2)CCS1. The molecule has 19 heavy (non-hydrogen) atoms. The number of nitrogens with two attached hydrogens (primary N) is 1. The number of alkyl halides is 3. The second-order valence-electron chi connectivity index (χ2n) is 4.31. The first kappa shape index (κ1) is 14.2. The van der Waals surface area contributed by atoms with Crippen LogP contribution in [0.25, 0.3) is 0 Å². The lowest BCUT2D eigenvalue weighted by molar-refractivity contribution is -0.141. The zero-order valence-electron chi connectivity index (χ0n) is 10.4. The van der Waals surface area contributed by atoms with E-state index in [2.05, 4.69) is 16.9 Å². The average Bonchev–Trinajstić information content (AvgIpc) is 2.37. The van der Waals surface area contributed by atoms with E-state index in [0.717, 1.165) is 18.2 Å². The summed E-state index contributed by atoms with van der Waals surface area (Å²) in [5, 5.41) is 0.416. The van der Waals surface area contributed by atoms with Gasteiger partial charge in [0.2, 0.25) is 5.95 Å². The normalized spacial score (nSPS) is 20.6. The average molecular weight is 292 g/mol. The van der Waals surface area contributed by atoms with Crippen molar-refractivity contribution >= 4 is 23.5 Å². The summed E-state index contributed by atoms with van der Waals surface area (Å²) < 4.78 is 38.1. The summed E-state index contributed by atoms with van der Waals surface area (Å²) in [4.78, 5) is 9.02. The van der Waals surface area contributed by atoms with Crippen LogP contribution in [0.1, 0.15) is 19.0 Å². The zero-order chi connectivity index (χ0) is 14.0. The van der Waals surface area contributed by atoms with E-state index < -0.39 is 11.9 Å². The predicted molar refractivity (Wildman–Crippen MR) is 70.2 cm³/mol. The van der Waals surface area contributed by atoms with Gasteiger partial charge < -0.3 is 10.6 Å². The van der Waals surface area contributed by atoms with Crippen LogP contribution in [0.5, 0.6) is 0 Å². The van der Waals surface area contributed by atoms with Crippen LogP contribution in [0.2, 0.25) is 0 Å². The minimum Gasteiger partial charge on any atom is -0.368 e. The summed E-state index contributed by atoms with van der Waals surface area (Å²) >= 11 is 1.84. The van der Waals surface area contributed by atoms with Gasteiger partial charge >= 0.3 is 6.18 Å². The van der Waals surface area contributed by atoms with Gasteiger partial charge in [-0.2, -0.15) is 29.9 Å². The first-order valence-electron chi connectivity index (χ1n) is 5.98. The van der Waals surface area contributed by atoms with Crippen LogP contribution >= 0.6 is 11.8 Å². The molecule has 1 atom stereocenters. The Hall–Kier alpha value is -1.18. The van der Waals surface area contributed by atoms with E-state index in [1.165, 1.54) is 0 Å². The van der Waals surface area contributed by atoms with Crippen molar-refractivity contribution in [1.82, 2.24) is 9.97 Å². The molecule has 1 aromatic heterocycles. The van der Waals surface area contributed by atoms with Crippen molar-refractivity contribution in [3.05, 3.63) is 11.8 Å². The molecule has 2 N–H and O–H groups in total. The van der Waals surface area contributed by atoms with Crippen LogP contribution in [0.4, 0.5) is 24.9 Å². The van der Waals surface area contributed by atoms with Crippen molar-refractivity contribution in [2.24, 2.45) is 0 Å². The van der Waals surface area contributed by atoms with Crippen molar-refractivity contribution in [3.63, 3.8) is 0 Å². The van der Waals surface area contributed by atoms with Gasteiger partial charge in [0.05, 0.1) is 0 Å². The lowest BCUT2D eigenvalue weighted by atomic mass is 10.3. The Kier molecular flexibility index (Phi) is 4.07. The highest BCUT2D eigenvalue weighted by molar-refractivity contribution is 8.00. The molecule has 0 spiro atoms. The smallest absolute Gasteiger partial charge is 0.368 e. The van der Waals surface area contributed by atoms with Gasteiger partial charge in [-0.15, -0.1) is 0 Å². The van der Waals surface area contributed by atoms with E-state index >= 15 is 0 Å². The van der Waals surface area contributed by atoms with Crippen molar-refractivity contribution in [1.29, 1.82) is 0 Å². The van der Waals surface area contributed by atoms with Crippen molar-refractivity contribution in [2.45, 2.75) is 24.8 Å². The van der Waals surface area contributed by atoms with Crippen LogP contribution < -0.4 is 10.6 Å². The minimum absolute atomic E-state index is 0.263. The topological polar surface area (TPSA) is 55.0 Å². The van der Waals surface area contributed by atoms with Crippen molar-refractivity contribution in [2.75, 3.05) is 29.5 Å². The zero-order valence-corrected chi connectivity index (χ0v) is 11.3. The van der Waals surface area contributed by atoms with E-state index in [-0.39, 0.29) is 11.8 Å². The van der Waals surface area contributed by atoms with Gasteiger partial charge in [-0.05, 0) is 6.42 Å². The summed E-state index contributed by atoms with van der Waals surface area (Å²) in [6.07, 6.45) is -3.52. The van der Waals surface area contributed by atoms with E-state index in [1.807, 2.05) is 16.7 Å². The van der Waals surface area contributed by atoms with Crippen LogP contribution in [-0.4, -0.2) is 34.1 Å². The lowest BCUT2D eigenvalue weighted by Crippen LogP contribution is -2.38. The predicted octanol–water partition coefficient (Wildman–Crippen LogP) is 2.41. The maximum Gasteiger partial charge on any atom is 0.433 e. The highest BCUT2D eigenvalue weighted by Crippen LogP contribution is 2.31. The minimum atomic E-state index is -4.50. The van der Waals surface area contributed by atoms with Gasteiger partial charge in [-0.1, -0.05) is 6.92 Å². The number of thioether (sulfide) groups is 1. The van der Waals surface area contributed by atoms with Gasteiger partial charge in [-0.25, -0.2) is 4.98 Å². The first-order valence-corrected chi connectivity index (χ1v) is 7.03. The maximum atomic E-state index is 12.7. The highest BCUT2D eigenvalue weighted by Gasteiger charge is 2.34. The number of aromatic nitrogens is 2. The molecule has 0 aromatic carbocycles. The van der Waals surface area contributed by atoms with Crippen molar-refractivity contribution < 1.29 is 13.2 Å². The Morgan fingerprint density at radius 1 is 1.47 bits per heavy atom. The molecule has 1 fully saturated rings. The number of halogens is 3. The summed E-state index contributed by atoms with van der Waals surface area (Å²) in [5.41, 5.74) is 4.39. The standard InChI is InChI=1S/C11H15F3N4S/c1-2-7-6-18(3-4-19-7)9-5-8(11(12,13)14)16-10(15)17-9/h5,7H,2-4,6H2,1H3,(H2,15,16,17). The molecule has 4 nitrogen and oxygen atoms in total. The van der Waals surface area contributed by atoms with Crippen LogP contribution in [-0.2, 0) is 6.18 Å². The summed E-state index contributed by atoms with van der Waals surface area (Å²) in [7, 11) is 0. The Labute approximate surface area is 113 Å². The number of hydrogen-bond acceptors (Lipinski definition) is 5.